The van der Waals surface area contributed by atoms with Crippen LogP contribution in [-0.4, -0.2) is 11.8 Å². The van der Waals surface area contributed by atoms with Crippen LogP contribution in [0.5, 0.6) is 0 Å². The van der Waals surface area contributed by atoms with E-state index < -0.39 is 0 Å². The number of aryl methyl sites for hydroxylation is 2. The van der Waals surface area contributed by atoms with E-state index in [9.17, 15) is 9.59 Å². The second-order valence-electron chi connectivity index (χ2n) is 6.51. The quantitative estimate of drug-likeness (QED) is 0.641. The fourth-order valence-electron chi connectivity index (χ4n) is 2.77. The summed E-state index contributed by atoms with van der Waals surface area (Å²) in [7, 11) is 0. The molecule has 0 bridgehead atoms. The number of amides is 2. The van der Waals surface area contributed by atoms with Crippen LogP contribution in [0.25, 0.3) is 6.08 Å². The van der Waals surface area contributed by atoms with Gasteiger partial charge in [0.2, 0.25) is 0 Å². The molecule has 3 aromatic rings. The first-order valence-electron chi connectivity index (χ1n) is 8.99. The fraction of sp³-hybridized carbons (Fsp3) is 0.130. The molecule has 0 aliphatic heterocycles. The third-order valence-electron chi connectivity index (χ3n) is 4.30. The highest BCUT2D eigenvalue weighted by molar-refractivity contribution is 6.05. The average Bonchev–Trinajstić information content (AvgIpc) is 3.20. The van der Waals surface area contributed by atoms with Crippen LogP contribution in [0, 0.1) is 13.8 Å². The maximum Gasteiger partial charge on any atom is 0.268 e. The number of benzene rings is 2. The van der Waals surface area contributed by atoms with Gasteiger partial charge in [-0.3, -0.25) is 9.59 Å². The molecule has 3 rings (SSSR count). The van der Waals surface area contributed by atoms with Crippen molar-refractivity contribution in [2.24, 2.45) is 0 Å². The molecule has 0 atom stereocenters. The minimum atomic E-state index is -0.388. The summed E-state index contributed by atoms with van der Waals surface area (Å²) in [6.45, 7) is 4.39. The van der Waals surface area contributed by atoms with Gasteiger partial charge >= 0.3 is 0 Å². The Morgan fingerprint density at radius 3 is 2.46 bits per heavy atom. The number of carbonyl (C=O) groups excluding carboxylic acids is 2. The van der Waals surface area contributed by atoms with Gasteiger partial charge in [0.05, 0.1) is 6.26 Å². The SMILES string of the molecule is Cc1ccc(CNC(=O)/C(=C/c2ccco2)NC(=O)c2ccccc2)c(C)c1. The van der Waals surface area contributed by atoms with Crippen molar-refractivity contribution in [3.8, 4) is 0 Å². The van der Waals surface area contributed by atoms with Gasteiger partial charge in [0, 0.05) is 18.2 Å². The molecule has 2 amide bonds. The number of rotatable bonds is 6. The first kappa shape index (κ1) is 19.2. The van der Waals surface area contributed by atoms with E-state index >= 15 is 0 Å². The Labute approximate surface area is 164 Å². The highest BCUT2D eigenvalue weighted by Gasteiger charge is 2.15. The fourth-order valence-corrected chi connectivity index (χ4v) is 2.77. The van der Waals surface area contributed by atoms with Gasteiger partial charge in [-0.15, -0.1) is 0 Å². The highest BCUT2D eigenvalue weighted by atomic mass is 16.3. The molecular formula is C23H22N2O3. The summed E-state index contributed by atoms with van der Waals surface area (Å²) in [4.78, 5) is 25.2. The van der Waals surface area contributed by atoms with E-state index in [1.165, 1.54) is 17.9 Å². The molecule has 0 saturated heterocycles. The van der Waals surface area contributed by atoms with Crippen molar-refractivity contribution in [2.75, 3.05) is 0 Å². The second kappa shape index (κ2) is 8.86. The van der Waals surface area contributed by atoms with E-state index in [4.69, 9.17) is 4.42 Å². The second-order valence-corrected chi connectivity index (χ2v) is 6.51. The van der Waals surface area contributed by atoms with Crippen LogP contribution in [-0.2, 0) is 11.3 Å². The van der Waals surface area contributed by atoms with Gasteiger partial charge in [-0.1, -0.05) is 42.0 Å². The maximum atomic E-state index is 12.8. The van der Waals surface area contributed by atoms with Crippen molar-refractivity contribution in [2.45, 2.75) is 20.4 Å². The summed E-state index contributed by atoms with van der Waals surface area (Å²) in [5, 5.41) is 5.55. The largest absolute Gasteiger partial charge is 0.465 e. The molecule has 5 nitrogen and oxygen atoms in total. The molecule has 0 spiro atoms. The Kier molecular flexibility index (Phi) is 6.07. The van der Waals surface area contributed by atoms with E-state index in [0.29, 0.717) is 17.9 Å². The van der Waals surface area contributed by atoms with Crippen molar-refractivity contribution >= 4 is 17.9 Å². The first-order valence-corrected chi connectivity index (χ1v) is 8.99. The lowest BCUT2D eigenvalue weighted by molar-refractivity contribution is -0.117. The molecule has 5 heteroatoms. The smallest absolute Gasteiger partial charge is 0.268 e. The van der Waals surface area contributed by atoms with E-state index in [1.807, 2.05) is 32.0 Å². The Balaban J connectivity index is 1.76. The zero-order valence-corrected chi connectivity index (χ0v) is 15.9. The van der Waals surface area contributed by atoms with Crippen molar-refractivity contribution in [1.82, 2.24) is 10.6 Å². The molecule has 0 unspecified atom stereocenters. The minimum Gasteiger partial charge on any atom is -0.465 e. The van der Waals surface area contributed by atoms with Crippen LogP contribution < -0.4 is 10.6 Å². The van der Waals surface area contributed by atoms with Gasteiger partial charge in [-0.25, -0.2) is 0 Å². The van der Waals surface area contributed by atoms with Crippen LogP contribution in [0.2, 0.25) is 0 Å². The van der Waals surface area contributed by atoms with Gasteiger partial charge in [-0.05, 0) is 49.2 Å². The summed E-state index contributed by atoms with van der Waals surface area (Å²) < 4.78 is 5.29. The van der Waals surface area contributed by atoms with Crippen molar-refractivity contribution in [3.05, 3.63) is 101 Å². The van der Waals surface area contributed by atoms with Gasteiger partial charge in [0.25, 0.3) is 11.8 Å². The molecule has 28 heavy (non-hydrogen) atoms. The summed E-state index contributed by atoms with van der Waals surface area (Å²) in [6, 6.07) is 18.2. The van der Waals surface area contributed by atoms with E-state index in [1.54, 1.807) is 36.4 Å². The van der Waals surface area contributed by atoms with Crippen LogP contribution in [0.1, 0.15) is 32.8 Å². The Hall–Kier alpha value is -3.60. The van der Waals surface area contributed by atoms with E-state index in [0.717, 1.165) is 11.1 Å². The number of nitrogens with one attached hydrogen (secondary N) is 2. The molecule has 1 aromatic heterocycles. The van der Waals surface area contributed by atoms with E-state index in [-0.39, 0.29) is 17.5 Å². The number of hydrogen-bond acceptors (Lipinski definition) is 3. The minimum absolute atomic E-state index is 0.119. The van der Waals surface area contributed by atoms with E-state index in [2.05, 4.69) is 16.7 Å². The lowest BCUT2D eigenvalue weighted by Gasteiger charge is -2.12. The van der Waals surface area contributed by atoms with Gasteiger partial charge in [0.15, 0.2) is 0 Å². The van der Waals surface area contributed by atoms with Crippen molar-refractivity contribution in [1.29, 1.82) is 0 Å². The third-order valence-corrected chi connectivity index (χ3v) is 4.30. The lowest BCUT2D eigenvalue weighted by atomic mass is 10.1. The molecule has 0 aliphatic rings. The van der Waals surface area contributed by atoms with Crippen molar-refractivity contribution < 1.29 is 14.0 Å². The standard InChI is InChI=1S/C23H22N2O3/c1-16-10-11-19(17(2)13-16)15-24-23(27)21(14-20-9-6-12-28-20)25-22(26)18-7-4-3-5-8-18/h3-14H,15H2,1-2H3,(H,24,27)(H,25,26)/b21-14-. The highest BCUT2D eigenvalue weighted by Crippen LogP contribution is 2.11. The molecule has 0 radical (unpaired) electrons. The topological polar surface area (TPSA) is 71.3 Å². The Bertz CT molecular complexity index is 990. The maximum absolute atomic E-state index is 12.8. The normalized spacial score (nSPS) is 11.1. The molecule has 1 heterocycles. The molecule has 142 valence electrons. The van der Waals surface area contributed by atoms with Crippen LogP contribution >= 0.6 is 0 Å². The third kappa shape index (κ3) is 4.98. The number of furan rings is 1. The summed E-state index contributed by atoms with van der Waals surface area (Å²) in [5.74, 6) is -0.272. The average molecular weight is 374 g/mol. The molecule has 2 aromatic carbocycles. The predicted octanol–water partition coefficient (Wildman–Crippen LogP) is 3.98. The zero-order valence-electron chi connectivity index (χ0n) is 15.9. The predicted molar refractivity (Wildman–Crippen MR) is 108 cm³/mol. The summed E-state index contributed by atoms with van der Waals surface area (Å²) in [5.41, 5.74) is 3.88. The van der Waals surface area contributed by atoms with Crippen LogP contribution in [0.15, 0.2) is 77.0 Å². The Morgan fingerprint density at radius 1 is 1.00 bits per heavy atom. The van der Waals surface area contributed by atoms with Gasteiger partial charge in [0.1, 0.15) is 11.5 Å². The van der Waals surface area contributed by atoms with Gasteiger partial charge < -0.3 is 15.1 Å². The van der Waals surface area contributed by atoms with Crippen molar-refractivity contribution in [3.63, 3.8) is 0 Å². The molecule has 0 fully saturated rings. The van der Waals surface area contributed by atoms with Crippen LogP contribution in [0.3, 0.4) is 0 Å². The first-order chi connectivity index (χ1) is 13.5. The lowest BCUT2D eigenvalue weighted by Crippen LogP contribution is -2.34. The number of hydrogen-bond donors (Lipinski definition) is 2. The van der Waals surface area contributed by atoms with Crippen LogP contribution in [0.4, 0.5) is 0 Å². The molecular weight excluding hydrogens is 352 g/mol. The molecule has 0 saturated carbocycles. The molecule has 0 aliphatic carbocycles. The molecule has 2 N–H and O–H groups in total. The zero-order chi connectivity index (χ0) is 19.9. The number of carbonyl (C=O) groups is 2. The summed E-state index contributed by atoms with van der Waals surface area (Å²) >= 11 is 0. The monoisotopic (exact) mass is 374 g/mol. The summed E-state index contributed by atoms with van der Waals surface area (Å²) in [6.07, 6.45) is 3.02. The Morgan fingerprint density at radius 2 is 1.79 bits per heavy atom. The van der Waals surface area contributed by atoms with Gasteiger partial charge in [-0.2, -0.15) is 0 Å².